The van der Waals surface area contributed by atoms with E-state index in [0.717, 1.165) is 14.9 Å². The van der Waals surface area contributed by atoms with E-state index in [1.807, 2.05) is 37.3 Å². The summed E-state index contributed by atoms with van der Waals surface area (Å²) in [5.74, 6) is -1.18. The Bertz CT molecular complexity index is 1180. The van der Waals surface area contributed by atoms with Gasteiger partial charge in [0.05, 0.1) is 16.1 Å². The monoisotopic (exact) mass is 505 g/mol. The molecule has 0 unspecified atom stereocenters. The molecule has 0 amide bonds. The van der Waals surface area contributed by atoms with E-state index in [0.29, 0.717) is 10.6 Å². The predicted octanol–water partition coefficient (Wildman–Crippen LogP) is 5.82. The number of hydrogen-bond donors (Lipinski definition) is 1. The van der Waals surface area contributed by atoms with E-state index in [-0.39, 0.29) is 17.0 Å². The molecule has 0 saturated carbocycles. The molecular formula is C22H20BrNO4S2. The molecule has 0 fully saturated rings. The van der Waals surface area contributed by atoms with Crippen molar-refractivity contribution < 1.29 is 18.3 Å². The fraction of sp³-hybridized carbons (Fsp3) is 0.136. The van der Waals surface area contributed by atoms with Crippen LogP contribution >= 0.6 is 27.7 Å². The molecule has 0 aliphatic carbocycles. The number of benzene rings is 3. The fourth-order valence-electron chi connectivity index (χ4n) is 2.96. The Labute approximate surface area is 188 Å². The van der Waals surface area contributed by atoms with Gasteiger partial charge in [0.1, 0.15) is 0 Å². The van der Waals surface area contributed by atoms with Crippen molar-refractivity contribution in [3.05, 3.63) is 82.3 Å². The highest BCUT2D eigenvalue weighted by atomic mass is 79.9. The zero-order chi connectivity index (χ0) is 21.9. The number of halogens is 1. The first-order valence-corrected chi connectivity index (χ1v) is 12.2. The van der Waals surface area contributed by atoms with Crippen LogP contribution in [0.25, 0.3) is 0 Å². The number of anilines is 1. The molecular weight excluding hydrogens is 486 g/mol. The number of rotatable bonds is 7. The van der Waals surface area contributed by atoms with Crippen LogP contribution in [-0.4, -0.2) is 26.0 Å². The quantitative estimate of drug-likeness (QED) is 0.437. The minimum absolute atomic E-state index is 0.0516. The highest BCUT2D eigenvalue weighted by molar-refractivity contribution is 9.10. The molecule has 0 radical (unpaired) electrons. The largest absolute Gasteiger partial charge is 0.478 e. The second kappa shape index (κ2) is 9.24. The lowest BCUT2D eigenvalue weighted by Crippen LogP contribution is -2.31. The molecule has 3 aromatic rings. The van der Waals surface area contributed by atoms with Gasteiger partial charge in [0.25, 0.3) is 10.0 Å². The van der Waals surface area contributed by atoms with Crippen LogP contribution in [0.2, 0.25) is 0 Å². The molecule has 8 heteroatoms. The fourth-order valence-corrected chi connectivity index (χ4v) is 5.63. The molecule has 0 saturated heterocycles. The summed E-state index contributed by atoms with van der Waals surface area (Å²) >= 11 is 4.64. The molecule has 0 heterocycles. The van der Waals surface area contributed by atoms with Crippen molar-refractivity contribution in [2.45, 2.75) is 28.5 Å². The summed E-state index contributed by atoms with van der Waals surface area (Å²) in [4.78, 5) is 13.1. The van der Waals surface area contributed by atoms with Gasteiger partial charge in [-0.3, -0.25) is 4.31 Å². The van der Waals surface area contributed by atoms with Gasteiger partial charge in [0.2, 0.25) is 0 Å². The first kappa shape index (κ1) is 22.4. The number of aryl methyl sites for hydroxylation is 1. The summed E-state index contributed by atoms with van der Waals surface area (Å²) in [6.07, 6.45) is 0. The average molecular weight is 506 g/mol. The minimum atomic E-state index is -3.92. The van der Waals surface area contributed by atoms with Crippen LogP contribution in [0.1, 0.15) is 22.8 Å². The van der Waals surface area contributed by atoms with Crippen molar-refractivity contribution in [2.24, 2.45) is 0 Å². The Kier molecular flexibility index (Phi) is 6.90. The molecule has 0 aliphatic rings. The van der Waals surface area contributed by atoms with E-state index in [1.165, 1.54) is 28.2 Å². The van der Waals surface area contributed by atoms with E-state index in [1.54, 1.807) is 31.2 Å². The number of sulfonamides is 1. The van der Waals surface area contributed by atoms with E-state index in [9.17, 15) is 18.3 Å². The molecule has 0 bridgehead atoms. The topological polar surface area (TPSA) is 74.7 Å². The number of carboxylic acids is 1. The van der Waals surface area contributed by atoms with Crippen molar-refractivity contribution >= 4 is 49.4 Å². The van der Waals surface area contributed by atoms with Gasteiger partial charge in [-0.05, 0) is 74.0 Å². The van der Waals surface area contributed by atoms with Crippen molar-refractivity contribution in [3.63, 3.8) is 0 Å². The highest BCUT2D eigenvalue weighted by Gasteiger charge is 2.26. The molecule has 30 heavy (non-hydrogen) atoms. The van der Waals surface area contributed by atoms with Gasteiger partial charge in [-0.15, -0.1) is 0 Å². The first-order valence-electron chi connectivity index (χ1n) is 9.12. The number of hydrogen-bond acceptors (Lipinski definition) is 4. The average Bonchev–Trinajstić information content (AvgIpc) is 2.70. The Morgan fingerprint density at radius 3 is 2.37 bits per heavy atom. The number of nitrogens with zero attached hydrogens (tertiary/aromatic N) is 1. The van der Waals surface area contributed by atoms with Crippen LogP contribution in [0.4, 0.5) is 5.69 Å². The van der Waals surface area contributed by atoms with Gasteiger partial charge in [-0.25, -0.2) is 13.2 Å². The molecule has 0 aliphatic heterocycles. The second-order valence-corrected chi connectivity index (χ2v) is 10.4. The lowest BCUT2D eigenvalue weighted by molar-refractivity contribution is 0.0693. The lowest BCUT2D eigenvalue weighted by atomic mass is 10.2. The van der Waals surface area contributed by atoms with Crippen molar-refractivity contribution in [1.82, 2.24) is 0 Å². The zero-order valence-corrected chi connectivity index (χ0v) is 19.6. The SMILES string of the molecule is CCN(c1cccc(C)c1)S(=O)(=O)c1ccc(Sc2ccc(Br)cc2)c(C(=O)O)c1. The lowest BCUT2D eigenvalue weighted by Gasteiger charge is -2.23. The van der Waals surface area contributed by atoms with Crippen LogP contribution in [0.15, 0.2) is 85.9 Å². The number of carboxylic acid groups (broad SMARTS) is 1. The summed E-state index contributed by atoms with van der Waals surface area (Å²) in [5.41, 5.74) is 1.43. The molecule has 1 N–H and O–H groups in total. The predicted molar refractivity (Wildman–Crippen MR) is 123 cm³/mol. The van der Waals surface area contributed by atoms with Gasteiger partial charge in [0.15, 0.2) is 0 Å². The third-order valence-electron chi connectivity index (χ3n) is 4.39. The number of aromatic carboxylic acids is 1. The van der Waals surface area contributed by atoms with E-state index in [2.05, 4.69) is 15.9 Å². The van der Waals surface area contributed by atoms with Crippen molar-refractivity contribution in [3.8, 4) is 0 Å². The Balaban J connectivity index is 2.01. The van der Waals surface area contributed by atoms with Crippen molar-refractivity contribution in [2.75, 3.05) is 10.8 Å². The Morgan fingerprint density at radius 1 is 1.07 bits per heavy atom. The molecule has 0 spiro atoms. The normalized spacial score (nSPS) is 11.3. The van der Waals surface area contributed by atoms with Gasteiger partial charge < -0.3 is 5.11 Å². The summed E-state index contributed by atoms with van der Waals surface area (Å²) in [6, 6.07) is 18.9. The molecule has 156 valence electrons. The number of carbonyl (C=O) groups is 1. The van der Waals surface area contributed by atoms with Gasteiger partial charge in [-0.1, -0.05) is 39.8 Å². The molecule has 0 atom stereocenters. The van der Waals surface area contributed by atoms with Gasteiger partial charge >= 0.3 is 5.97 Å². The summed E-state index contributed by atoms with van der Waals surface area (Å²) in [7, 11) is -3.92. The van der Waals surface area contributed by atoms with Crippen LogP contribution < -0.4 is 4.31 Å². The van der Waals surface area contributed by atoms with Crippen molar-refractivity contribution in [1.29, 1.82) is 0 Å². The Hall–Kier alpha value is -2.29. The summed E-state index contributed by atoms with van der Waals surface area (Å²) in [6.45, 7) is 3.86. The maximum atomic E-state index is 13.3. The van der Waals surface area contributed by atoms with Crippen LogP contribution in [0.3, 0.4) is 0 Å². The van der Waals surface area contributed by atoms with Crippen LogP contribution in [-0.2, 0) is 10.0 Å². The molecule has 3 rings (SSSR count). The van der Waals surface area contributed by atoms with Crippen LogP contribution in [0, 0.1) is 6.92 Å². The van der Waals surface area contributed by atoms with Gasteiger partial charge in [0, 0.05) is 20.8 Å². The van der Waals surface area contributed by atoms with E-state index < -0.39 is 16.0 Å². The molecule has 0 aromatic heterocycles. The van der Waals surface area contributed by atoms with Crippen LogP contribution in [0.5, 0.6) is 0 Å². The third-order valence-corrected chi connectivity index (χ3v) is 7.90. The van der Waals surface area contributed by atoms with E-state index >= 15 is 0 Å². The smallest absolute Gasteiger partial charge is 0.336 e. The third kappa shape index (κ3) is 4.88. The second-order valence-electron chi connectivity index (χ2n) is 6.53. The first-order chi connectivity index (χ1) is 14.2. The zero-order valence-electron chi connectivity index (χ0n) is 16.4. The maximum absolute atomic E-state index is 13.3. The molecule has 3 aromatic carbocycles. The summed E-state index contributed by atoms with van der Waals surface area (Å²) < 4.78 is 28.8. The standard InChI is InChI=1S/C22H20BrNO4S2/c1-3-24(17-6-4-5-15(2)13-17)30(27,28)19-11-12-21(20(14-19)22(25)26)29-18-9-7-16(23)8-10-18/h4-14H,3H2,1-2H3,(H,25,26). The molecule has 5 nitrogen and oxygen atoms in total. The highest BCUT2D eigenvalue weighted by Crippen LogP contribution is 2.34. The van der Waals surface area contributed by atoms with E-state index in [4.69, 9.17) is 0 Å². The Morgan fingerprint density at radius 2 is 1.77 bits per heavy atom. The maximum Gasteiger partial charge on any atom is 0.336 e. The van der Waals surface area contributed by atoms with Gasteiger partial charge in [-0.2, -0.15) is 0 Å². The minimum Gasteiger partial charge on any atom is -0.478 e. The summed E-state index contributed by atoms with van der Waals surface area (Å²) in [5, 5.41) is 9.70.